The lowest BCUT2D eigenvalue weighted by atomic mass is 10.0. The van der Waals surface area contributed by atoms with Gasteiger partial charge < -0.3 is 40.1 Å². The van der Waals surface area contributed by atoms with Gasteiger partial charge in [0, 0.05) is 36.8 Å². The maximum absolute atomic E-state index is 13.4. The number of nitrogens with zero attached hydrogens (tertiary/aromatic N) is 3. The van der Waals surface area contributed by atoms with Crippen molar-refractivity contribution in [3.8, 4) is 5.75 Å². The second-order valence-corrected chi connectivity index (χ2v) is 10.5. The van der Waals surface area contributed by atoms with Gasteiger partial charge in [-0.3, -0.25) is 4.79 Å². The Morgan fingerprint density at radius 2 is 1.95 bits per heavy atom. The van der Waals surface area contributed by atoms with Crippen molar-refractivity contribution in [2.24, 2.45) is 5.92 Å². The van der Waals surface area contributed by atoms with E-state index in [-0.39, 0.29) is 43.5 Å². The summed E-state index contributed by atoms with van der Waals surface area (Å²) in [5, 5.41) is 22.0. The van der Waals surface area contributed by atoms with Gasteiger partial charge >= 0.3 is 12.1 Å². The number of aliphatic hydroxyl groups is 1. The second kappa shape index (κ2) is 12.8. The number of likely N-dealkylation sites (N-methyl/N-ethyl adjacent to an activating group) is 1. The molecule has 0 aliphatic carbocycles. The van der Waals surface area contributed by atoms with Gasteiger partial charge in [0.25, 0.3) is 0 Å². The molecule has 0 unspecified atom stereocenters. The number of urea groups is 2. The van der Waals surface area contributed by atoms with Gasteiger partial charge in [-0.05, 0) is 52.8 Å². The normalized spacial score (nSPS) is 18.3. The van der Waals surface area contributed by atoms with Crippen molar-refractivity contribution >= 4 is 29.3 Å². The molecule has 1 aliphatic rings. The fourth-order valence-electron chi connectivity index (χ4n) is 4.37. The lowest BCUT2D eigenvalue weighted by Gasteiger charge is -2.34. The minimum Gasteiger partial charge on any atom is -0.488 e. The number of hydrogen-bond donors (Lipinski definition) is 4. The van der Waals surface area contributed by atoms with Gasteiger partial charge in [0.05, 0.1) is 25.6 Å². The first-order chi connectivity index (χ1) is 18.4. The monoisotopic (exact) mass is 544 g/mol. The van der Waals surface area contributed by atoms with Gasteiger partial charge in [0.1, 0.15) is 23.2 Å². The fraction of sp³-hybridized carbons (Fsp3) is 0.556. The number of nitrogens with one attached hydrogen (secondary N) is 3. The zero-order valence-electron chi connectivity index (χ0n) is 23.7. The quantitative estimate of drug-likeness (QED) is 0.418. The number of fused-ring (bicyclic) bond motifs is 1. The van der Waals surface area contributed by atoms with Gasteiger partial charge in [-0.1, -0.05) is 12.1 Å². The maximum atomic E-state index is 13.4. The predicted octanol–water partition coefficient (Wildman–Crippen LogP) is 3.13. The summed E-state index contributed by atoms with van der Waals surface area (Å²) < 4.78 is 11.5. The van der Waals surface area contributed by atoms with Crippen molar-refractivity contribution in [3.05, 3.63) is 35.2 Å². The van der Waals surface area contributed by atoms with Crippen molar-refractivity contribution in [1.29, 1.82) is 0 Å². The van der Waals surface area contributed by atoms with Gasteiger partial charge in [-0.2, -0.15) is 0 Å². The predicted molar refractivity (Wildman–Crippen MR) is 147 cm³/mol. The summed E-state index contributed by atoms with van der Waals surface area (Å²) in [5.41, 5.74) is 2.10. The van der Waals surface area contributed by atoms with E-state index >= 15 is 0 Å². The van der Waals surface area contributed by atoms with Crippen LogP contribution in [0, 0.1) is 19.8 Å². The first kappa shape index (κ1) is 29.8. The zero-order valence-corrected chi connectivity index (χ0v) is 23.7. The highest BCUT2D eigenvalue weighted by atomic mass is 16.5. The van der Waals surface area contributed by atoms with Crippen LogP contribution in [0.1, 0.15) is 44.7 Å². The number of carbonyl (C=O) groups is 3. The number of rotatable bonds is 7. The summed E-state index contributed by atoms with van der Waals surface area (Å²) in [6.45, 7) is 11.4. The minimum absolute atomic E-state index is 0.0150. The molecule has 12 nitrogen and oxygen atoms in total. The molecule has 0 bridgehead atoms. The topological polar surface area (TPSA) is 149 Å². The Kier molecular flexibility index (Phi) is 9.79. The van der Waals surface area contributed by atoms with Crippen molar-refractivity contribution < 1.29 is 28.8 Å². The molecule has 0 radical (unpaired) electrons. The van der Waals surface area contributed by atoms with Crippen LogP contribution in [0.3, 0.4) is 0 Å². The van der Waals surface area contributed by atoms with Gasteiger partial charge in [-0.15, -0.1) is 0 Å². The van der Waals surface area contributed by atoms with Crippen LogP contribution in [0.15, 0.2) is 22.7 Å². The largest absolute Gasteiger partial charge is 0.488 e. The summed E-state index contributed by atoms with van der Waals surface area (Å²) >= 11 is 0. The van der Waals surface area contributed by atoms with Crippen LogP contribution in [0.25, 0.3) is 0 Å². The van der Waals surface area contributed by atoms with Crippen LogP contribution in [-0.4, -0.2) is 83.0 Å². The molecule has 4 N–H and O–H groups in total. The standard InChI is InChI=1S/C27H40N6O6/c1-15(2)28-27(37)32(7)13-23-16(3)12-33(17(4)14-34)24(35)11-20-10-21(8-9-22(20)38-23)29-26(36)30-25-18(5)31-39-19(25)6/h8-10,15-17,23,34H,11-14H2,1-7H3,(H,28,37)(H2,29,30,36)/t16-,17-,23-/m0/s1. The van der Waals surface area contributed by atoms with E-state index in [1.54, 1.807) is 55.8 Å². The van der Waals surface area contributed by atoms with E-state index in [9.17, 15) is 19.5 Å². The molecule has 1 aromatic carbocycles. The highest BCUT2D eigenvalue weighted by molar-refractivity contribution is 6.00. The number of aromatic nitrogens is 1. The van der Waals surface area contributed by atoms with E-state index < -0.39 is 18.2 Å². The van der Waals surface area contributed by atoms with Crippen molar-refractivity contribution in [3.63, 3.8) is 0 Å². The Morgan fingerprint density at radius 1 is 1.23 bits per heavy atom. The molecule has 3 rings (SSSR count). The molecule has 0 saturated carbocycles. The summed E-state index contributed by atoms with van der Waals surface area (Å²) in [5.74, 6) is 0.661. The van der Waals surface area contributed by atoms with Gasteiger partial charge in [0.15, 0.2) is 5.76 Å². The first-order valence-corrected chi connectivity index (χ1v) is 13.1. The molecule has 5 amide bonds. The van der Waals surface area contributed by atoms with Crippen LogP contribution >= 0.6 is 0 Å². The van der Waals surface area contributed by atoms with E-state index in [1.165, 1.54) is 0 Å². The van der Waals surface area contributed by atoms with E-state index in [0.29, 0.717) is 40.7 Å². The number of anilines is 2. The fourth-order valence-corrected chi connectivity index (χ4v) is 4.37. The number of hydrogen-bond acceptors (Lipinski definition) is 7. The molecule has 0 saturated heterocycles. The van der Waals surface area contributed by atoms with Gasteiger partial charge in [0.2, 0.25) is 5.91 Å². The number of carbonyl (C=O) groups excluding carboxylic acids is 3. The van der Waals surface area contributed by atoms with Crippen LogP contribution in [0.2, 0.25) is 0 Å². The first-order valence-electron chi connectivity index (χ1n) is 13.1. The van der Waals surface area contributed by atoms with Gasteiger partial charge in [-0.25, -0.2) is 9.59 Å². The second-order valence-electron chi connectivity index (χ2n) is 10.5. The maximum Gasteiger partial charge on any atom is 0.323 e. The lowest BCUT2D eigenvalue weighted by Crippen LogP contribution is -2.49. The number of aliphatic hydroxyl groups excluding tert-OH is 1. The minimum atomic E-state index is -0.487. The highest BCUT2D eigenvalue weighted by Crippen LogP contribution is 2.29. The highest BCUT2D eigenvalue weighted by Gasteiger charge is 2.32. The van der Waals surface area contributed by atoms with Crippen molar-refractivity contribution in [2.75, 3.05) is 37.4 Å². The van der Waals surface area contributed by atoms with Crippen molar-refractivity contribution in [2.45, 2.75) is 66.2 Å². The number of benzene rings is 1. The van der Waals surface area contributed by atoms with Crippen LogP contribution in [0.4, 0.5) is 21.0 Å². The third-order valence-electron chi connectivity index (χ3n) is 6.66. The third kappa shape index (κ3) is 7.62. The van der Waals surface area contributed by atoms with E-state index in [0.717, 1.165) is 0 Å². The molecule has 12 heteroatoms. The Balaban J connectivity index is 1.88. The summed E-state index contributed by atoms with van der Waals surface area (Å²) in [4.78, 5) is 41.8. The van der Waals surface area contributed by atoms with Crippen molar-refractivity contribution in [1.82, 2.24) is 20.3 Å². The lowest BCUT2D eigenvalue weighted by molar-refractivity contribution is -0.134. The summed E-state index contributed by atoms with van der Waals surface area (Å²) in [6, 6.07) is 3.99. The molecule has 39 heavy (non-hydrogen) atoms. The molecule has 1 aromatic heterocycles. The molecular weight excluding hydrogens is 504 g/mol. The molecule has 214 valence electrons. The number of ether oxygens (including phenoxy) is 1. The van der Waals surface area contributed by atoms with E-state index in [1.807, 2.05) is 20.8 Å². The molecular formula is C27H40N6O6. The average molecular weight is 545 g/mol. The molecule has 0 fully saturated rings. The molecule has 2 heterocycles. The Bertz CT molecular complexity index is 1160. The molecule has 1 aliphatic heterocycles. The van der Waals surface area contributed by atoms with Crippen LogP contribution in [-0.2, 0) is 11.2 Å². The number of aryl methyl sites for hydroxylation is 2. The molecule has 0 spiro atoms. The zero-order chi connectivity index (χ0) is 28.9. The summed E-state index contributed by atoms with van der Waals surface area (Å²) in [6.07, 6.45) is -0.420. The summed E-state index contributed by atoms with van der Waals surface area (Å²) in [7, 11) is 1.70. The van der Waals surface area contributed by atoms with Crippen LogP contribution < -0.4 is 20.7 Å². The Morgan fingerprint density at radius 3 is 2.56 bits per heavy atom. The van der Waals surface area contributed by atoms with E-state index in [4.69, 9.17) is 9.26 Å². The third-order valence-corrected chi connectivity index (χ3v) is 6.66. The Labute approximate surface area is 229 Å². The SMILES string of the molecule is Cc1noc(C)c1NC(=O)Nc1ccc2c(c1)CC(=O)N([C@@H](C)CO)C[C@H](C)[C@H](CN(C)C(=O)NC(C)C)O2. The van der Waals surface area contributed by atoms with E-state index in [2.05, 4.69) is 21.1 Å². The average Bonchev–Trinajstić information content (AvgIpc) is 3.20. The smallest absolute Gasteiger partial charge is 0.323 e. The van der Waals surface area contributed by atoms with Crippen LogP contribution in [0.5, 0.6) is 5.75 Å². The number of amides is 5. The Hall–Kier alpha value is -3.80. The molecule has 2 aromatic rings. The molecule has 3 atom stereocenters.